The highest BCUT2D eigenvalue weighted by Gasteiger charge is 2.27. The number of hydrogen-bond acceptors (Lipinski definition) is 4. The topological polar surface area (TPSA) is 73.4 Å². The molecule has 0 aliphatic carbocycles. The molecule has 2 N–H and O–H groups in total. The van der Waals surface area contributed by atoms with Gasteiger partial charge in [-0.15, -0.1) is 0 Å². The van der Waals surface area contributed by atoms with Crippen LogP contribution < -0.4 is 5.73 Å². The summed E-state index contributed by atoms with van der Waals surface area (Å²) in [4.78, 5) is 18.2. The van der Waals surface area contributed by atoms with Crippen LogP contribution in [0.4, 0.5) is 0 Å². The molecule has 0 spiro atoms. The van der Waals surface area contributed by atoms with Gasteiger partial charge in [-0.3, -0.25) is 4.79 Å². The fourth-order valence-corrected chi connectivity index (χ4v) is 2.29. The molecule has 0 bridgehead atoms. The number of hydrogen-bond donors (Lipinski definition) is 1. The number of rotatable bonds is 5. The van der Waals surface area contributed by atoms with Crippen LogP contribution >= 0.6 is 0 Å². The molecular formula is C12H20N4O2. The first-order valence-corrected chi connectivity index (χ1v) is 6.24. The molecule has 2 rings (SSSR count). The Morgan fingerprint density at radius 2 is 2.50 bits per heavy atom. The quantitative estimate of drug-likeness (QED) is 0.797. The van der Waals surface area contributed by atoms with Crippen LogP contribution in [0.5, 0.6) is 0 Å². The summed E-state index contributed by atoms with van der Waals surface area (Å²) in [6.07, 6.45) is 4.42. The highest BCUT2D eigenvalue weighted by molar-refractivity contribution is 5.92. The molecule has 1 aromatic rings. The summed E-state index contributed by atoms with van der Waals surface area (Å²) in [6, 6.07) is 0. The number of ether oxygens (including phenoxy) is 1. The minimum Gasteiger partial charge on any atom is -0.384 e. The molecule has 1 aromatic heterocycles. The number of aromatic nitrogens is 2. The van der Waals surface area contributed by atoms with E-state index in [0.29, 0.717) is 31.3 Å². The molecule has 100 valence electrons. The van der Waals surface area contributed by atoms with Gasteiger partial charge in [-0.05, 0) is 6.42 Å². The predicted octanol–water partition coefficient (Wildman–Crippen LogP) is -0.0497. The SMILES string of the molecule is COCC1CCN(C(=O)c2cn(CCN)cn2)C1. The number of nitrogens with two attached hydrogens (primary N) is 1. The number of amides is 1. The van der Waals surface area contributed by atoms with Gasteiger partial charge >= 0.3 is 0 Å². The van der Waals surface area contributed by atoms with Crippen molar-refractivity contribution >= 4 is 5.91 Å². The summed E-state index contributed by atoms with van der Waals surface area (Å²) >= 11 is 0. The van der Waals surface area contributed by atoms with Crippen molar-refractivity contribution < 1.29 is 9.53 Å². The zero-order valence-corrected chi connectivity index (χ0v) is 10.7. The molecule has 6 heteroatoms. The lowest BCUT2D eigenvalue weighted by molar-refractivity contribution is 0.0770. The van der Waals surface area contributed by atoms with Crippen LogP contribution in [-0.4, -0.2) is 53.7 Å². The van der Waals surface area contributed by atoms with Gasteiger partial charge in [-0.25, -0.2) is 4.98 Å². The third-order valence-electron chi connectivity index (χ3n) is 3.22. The fraction of sp³-hybridized carbons (Fsp3) is 0.667. The molecule has 1 aliphatic heterocycles. The van der Waals surface area contributed by atoms with Gasteiger partial charge in [0.15, 0.2) is 0 Å². The second-order valence-electron chi connectivity index (χ2n) is 4.65. The van der Waals surface area contributed by atoms with E-state index in [4.69, 9.17) is 10.5 Å². The highest BCUT2D eigenvalue weighted by Crippen LogP contribution is 2.18. The number of carbonyl (C=O) groups is 1. The van der Waals surface area contributed by atoms with E-state index in [1.54, 1.807) is 19.6 Å². The zero-order valence-electron chi connectivity index (χ0n) is 10.7. The Labute approximate surface area is 107 Å². The summed E-state index contributed by atoms with van der Waals surface area (Å²) in [6.45, 7) is 3.49. The van der Waals surface area contributed by atoms with Gasteiger partial charge in [0.2, 0.25) is 0 Å². The number of likely N-dealkylation sites (tertiary alicyclic amines) is 1. The Morgan fingerprint density at radius 1 is 1.67 bits per heavy atom. The maximum absolute atomic E-state index is 12.2. The molecule has 1 saturated heterocycles. The summed E-state index contributed by atoms with van der Waals surface area (Å²) in [7, 11) is 1.69. The van der Waals surface area contributed by atoms with E-state index in [1.165, 1.54) is 0 Å². The largest absolute Gasteiger partial charge is 0.384 e. The van der Waals surface area contributed by atoms with E-state index in [9.17, 15) is 4.79 Å². The molecule has 1 amide bonds. The molecule has 2 heterocycles. The molecule has 1 atom stereocenters. The molecule has 1 fully saturated rings. The number of imidazole rings is 1. The molecule has 1 unspecified atom stereocenters. The first-order chi connectivity index (χ1) is 8.74. The minimum absolute atomic E-state index is 0.00405. The van der Waals surface area contributed by atoms with Crippen LogP contribution in [0.15, 0.2) is 12.5 Å². The lowest BCUT2D eigenvalue weighted by Gasteiger charge is -2.14. The molecule has 0 radical (unpaired) electrons. The molecule has 0 saturated carbocycles. The van der Waals surface area contributed by atoms with Gasteiger partial charge in [0, 0.05) is 45.4 Å². The molecule has 18 heavy (non-hydrogen) atoms. The van der Waals surface area contributed by atoms with Gasteiger partial charge in [0.05, 0.1) is 12.9 Å². The smallest absolute Gasteiger partial charge is 0.274 e. The van der Waals surface area contributed by atoms with E-state index in [0.717, 1.165) is 19.5 Å². The number of carbonyl (C=O) groups excluding carboxylic acids is 1. The number of nitrogens with zero attached hydrogens (tertiary/aromatic N) is 3. The van der Waals surface area contributed by atoms with Crippen LogP contribution in [0.2, 0.25) is 0 Å². The van der Waals surface area contributed by atoms with Crippen LogP contribution in [0, 0.1) is 5.92 Å². The van der Waals surface area contributed by atoms with E-state index in [2.05, 4.69) is 4.98 Å². The van der Waals surface area contributed by atoms with Crippen molar-refractivity contribution in [1.29, 1.82) is 0 Å². The predicted molar refractivity (Wildman–Crippen MR) is 67.2 cm³/mol. The van der Waals surface area contributed by atoms with E-state index in [1.807, 2.05) is 9.47 Å². The van der Waals surface area contributed by atoms with Crippen molar-refractivity contribution in [1.82, 2.24) is 14.5 Å². The Kier molecular flexibility index (Phi) is 4.33. The van der Waals surface area contributed by atoms with Crippen molar-refractivity contribution in [2.45, 2.75) is 13.0 Å². The molecule has 0 aromatic carbocycles. The van der Waals surface area contributed by atoms with E-state index in [-0.39, 0.29) is 5.91 Å². The minimum atomic E-state index is 0.00405. The van der Waals surface area contributed by atoms with Gasteiger partial charge in [-0.1, -0.05) is 0 Å². The second kappa shape index (κ2) is 5.97. The van der Waals surface area contributed by atoms with Crippen molar-refractivity contribution in [3.8, 4) is 0 Å². The Balaban J connectivity index is 1.94. The standard InChI is InChI=1S/C12H20N4O2/c1-18-8-10-2-4-16(6-10)12(17)11-7-15(5-3-13)9-14-11/h7,9-10H,2-6,8,13H2,1H3. The first kappa shape index (κ1) is 13.0. The maximum atomic E-state index is 12.2. The van der Waals surface area contributed by atoms with Gasteiger partial charge in [0.1, 0.15) is 5.69 Å². The van der Waals surface area contributed by atoms with Gasteiger partial charge in [-0.2, -0.15) is 0 Å². The van der Waals surface area contributed by atoms with Crippen molar-refractivity contribution in [3.63, 3.8) is 0 Å². The van der Waals surface area contributed by atoms with Crippen LogP contribution in [0.25, 0.3) is 0 Å². The Hall–Kier alpha value is -1.40. The summed E-state index contributed by atoms with van der Waals surface area (Å²) in [5.41, 5.74) is 5.96. The van der Waals surface area contributed by atoms with Crippen LogP contribution in [0.3, 0.4) is 0 Å². The molecule has 1 aliphatic rings. The normalized spacial score (nSPS) is 19.4. The lowest BCUT2D eigenvalue weighted by atomic mass is 10.1. The van der Waals surface area contributed by atoms with Crippen molar-refractivity contribution in [2.75, 3.05) is 33.4 Å². The average molecular weight is 252 g/mol. The van der Waals surface area contributed by atoms with E-state index < -0.39 is 0 Å². The lowest BCUT2D eigenvalue weighted by Crippen LogP contribution is -2.29. The monoisotopic (exact) mass is 252 g/mol. The Morgan fingerprint density at radius 3 is 3.22 bits per heavy atom. The fourth-order valence-electron chi connectivity index (χ4n) is 2.29. The third-order valence-corrected chi connectivity index (χ3v) is 3.22. The summed E-state index contributed by atoms with van der Waals surface area (Å²) < 4.78 is 6.97. The molecule has 6 nitrogen and oxygen atoms in total. The van der Waals surface area contributed by atoms with Crippen LogP contribution in [0.1, 0.15) is 16.9 Å². The van der Waals surface area contributed by atoms with Crippen LogP contribution in [-0.2, 0) is 11.3 Å². The highest BCUT2D eigenvalue weighted by atomic mass is 16.5. The van der Waals surface area contributed by atoms with Crippen molar-refractivity contribution in [2.24, 2.45) is 11.7 Å². The average Bonchev–Trinajstić information content (AvgIpc) is 2.98. The zero-order chi connectivity index (χ0) is 13.0. The molecular weight excluding hydrogens is 232 g/mol. The van der Waals surface area contributed by atoms with Gasteiger partial charge < -0.3 is 19.9 Å². The Bertz CT molecular complexity index is 405. The summed E-state index contributed by atoms with van der Waals surface area (Å²) in [5.74, 6) is 0.453. The summed E-state index contributed by atoms with van der Waals surface area (Å²) in [5, 5.41) is 0. The van der Waals surface area contributed by atoms with E-state index >= 15 is 0 Å². The van der Waals surface area contributed by atoms with Gasteiger partial charge in [0.25, 0.3) is 5.91 Å². The second-order valence-corrected chi connectivity index (χ2v) is 4.65. The third kappa shape index (κ3) is 2.88. The maximum Gasteiger partial charge on any atom is 0.274 e. The number of methoxy groups -OCH3 is 1. The van der Waals surface area contributed by atoms with Crippen molar-refractivity contribution in [3.05, 3.63) is 18.2 Å². The first-order valence-electron chi connectivity index (χ1n) is 6.24.